The van der Waals surface area contributed by atoms with E-state index in [4.69, 9.17) is 10.2 Å². The molecule has 1 aromatic carbocycles. The van der Waals surface area contributed by atoms with Crippen LogP contribution in [-0.4, -0.2) is 20.9 Å². The highest BCUT2D eigenvalue weighted by Crippen LogP contribution is 2.41. The topological polar surface area (TPSA) is 83.3 Å². The molecule has 1 N–H and O–H groups in total. The Bertz CT molecular complexity index is 1160. The van der Waals surface area contributed by atoms with Crippen molar-refractivity contribution in [1.29, 1.82) is 5.26 Å². The van der Waals surface area contributed by atoms with E-state index in [2.05, 4.69) is 91.0 Å². The zero-order chi connectivity index (χ0) is 23.0. The van der Waals surface area contributed by atoms with Crippen molar-refractivity contribution in [3.05, 3.63) is 41.2 Å². The van der Waals surface area contributed by atoms with Crippen LogP contribution in [0.25, 0.3) is 10.9 Å². The molecular formula is C23H32N7P. The molecule has 0 radical (unpaired) electrons. The van der Waals surface area contributed by atoms with Gasteiger partial charge in [-0.2, -0.15) is 10.4 Å². The minimum absolute atomic E-state index is 0.125. The van der Waals surface area contributed by atoms with Crippen LogP contribution in [-0.2, 0) is 24.4 Å². The fourth-order valence-corrected chi connectivity index (χ4v) is 4.07. The summed E-state index contributed by atoms with van der Waals surface area (Å²) in [5.74, 6) is 0.500. The van der Waals surface area contributed by atoms with Gasteiger partial charge >= 0.3 is 0 Å². The minimum Gasteiger partial charge on any atom is -0.345 e. The Hall–Kier alpha value is -2.55. The summed E-state index contributed by atoms with van der Waals surface area (Å²) < 4.78 is 3.96. The third kappa shape index (κ3) is 4.42. The molecule has 164 valence electrons. The van der Waals surface area contributed by atoms with Gasteiger partial charge < -0.3 is 4.57 Å². The second-order valence-electron chi connectivity index (χ2n) is 9.81. The number of fused-ring (bicyclic) bond motifs is 1. The van der Waals surface area contributed by atoms with Crippen molar-refractivity contribution < 1.29 is 0 Å². The van der Waals surface area contributed by atoms with Gasteiger partial charge in [-0.15, -0.1) is 10.2 Å². The molecule has 0 aliphatic carbocycles. The summed E-state index contributed by atoms with van der Waals surface area (Å²) in [4.78, 5) is 0. The first-order chi connectivity index (χ1) is 14.5. The maximum absolute atomic E-state index is 9.93. The highest BCUT2D eigenvalue weighted by Gasteiger charge is 2.28. The number of azo groups is 1. The van der Waals surface area contributed by atoms with Crippen molar-refractivity contribution >= 4 is 31.8 Å². The molecule has 0 spiro atoms. The molecular weight excluding hydrogens is 405 g/mol. The molecule has 0 bridgehead atoms. The van der Waals surface area contributed by atoms with E-state index in [1.165, 1.54) is 0 Å². The lowest BCUT2D eigenvalue weighted by Gasteiger charge is -2.20. The van der Waals surface area contributed by atoms with Gasteiger partial charge in [0.1, 0.15) is 17.3 Å². The number of aromatic nitrogens is 3. The Kier molecular flexibility index (Phi) is 6.36. The maximum Gasteiger partial charge on any atom is 0.191 e. The normalized spacial score (nSPS) is 12.7. The fourth-order valence-electron chi connectivity index (χ4n) is 3.94. The Morgan fingerprint density at radius 2 is 1.77 bits per heavy atom. The average Bonchev–Trinajstić information content (AvgIpc) is 3.19. The summed E-state index contributed by atoms with van der Waals surface area (Å²) in [7, 11) is 4.56. The highest BCUT2D eigenvalue weighted by molar-refractivity contribution is 7.13. The van der Waals surface area contributed by atoms with Crippen LogP contribution in [0.2, 0.25) is 0 Å². The third-order valence-electron chi connectivity index (χ3n) is 5.25. The molecule has 8 heteroatoms. The van der Waals surface area contributed by atoms with Gasteiger partial charge in [0.25, 0.3) is 0 Å². The number of nitrogens with zero attached hydrogens (tertiary/aromatic N) is 6. The van der Waals surface area contributed by atoms with Gasteiger partial charge in [0, 0.05) is 29.8 Å². The third-order valence-corrected chi connectivity index (χ3v) is 5.54. The number of rotatable bonds is 5. The van der Waals surface area contributed by atoms with Crippen LogP contribution in [0.4, 0.5) is 11.5 Å². The van der Waals surface area contributed by atoms with Gasteiger partial charge in [0.15, 0.2) is 5.82 Å². The van der Waals surface area contributed by atoms with E-state index in [1.807, 2.05) is 12.1 Å². The summed E-state index contributed by atoms with van der Waals surface area (Å²) in [6.45, 7) is 14.0. The molecule has 31 heavy (non-hydrogen) atoms. The largest absolute Gasteiger partial charge is 0.345 e. The van der Waals surface area contributed by atoms with Crippen LogP contribution in [0.15, 0.2) is 34.5 Å². The lowest BCUT2D eigenvalue weighted by Crippen LogP contribution is -2.16. The van der Waals surface area contributed by atoms with E-state index < -0.39 is 0 Å². The number of para-hydroxylation sites is 1. The van der Waals surface area contributed by atoms with Crippen LogP contribution in [0, 0.1) is 11.3 Å². The molecule has 2 aromatic heterocycles. The van der Waals surface area contributed by atoms with Crippen molar-refractivity contribution in [2.24, 2.45) is 17.3 Å². The van der Waals surface area contributed by atoms with Gasteiger partial charge in [0.2, 0.25) is 0 Å². The molecule has 3 rings (SSSR count). The predicted octanol–water partition coefficient (Wildman–Crippen LogP) is 5.64. The van der Waals surface area contributed by atoms with Gasteiger partial charge in [-0.05, 0) is 6.07 Å². The summed E-state index contributed by atoms with van der Waals surface area (Å²) in [5, 5.41) is 28.1. The zero-order valence-corrected chi connectivity index (χ0v) is 20.6. The SMILES string of the molecule is Cn1c(C(C)(C)C)c(N=Nc2c(C#N)c(C(C)(C)C)nn2CCNP)c2ccccc21. The quantitative estimate of drug-likeness (QED) is 0.414. The first kappa shape index (κ1) is 23.1. The highest BCUT2D eigenvalue weighted by atomic mass is 31.0. The van der Waals surface area contributed by atoms with Crippen molar-refractivity contribution in [2.75, 3.05) is 6.54 Å². The molecule has 0 aliphatic heterocycles. The van der Waals surface area contributed by atoms with E-state index in [0.717, 1.165) is 28.0 Å². The van der Waals surface area contributed by atoms with Crippen LogP contribution in [0.1, 0.15) is 58.5 Å². The Balaban J connectivity index is 2.24. The number of hydrogen-bond donors (Lipinski definition) is 1. The standard InChI is InChI=1S/C23H32N7P/c1-22(2,3)19-16(14-24)21(30(28-19)13-12-25-31)27-26-18-15-10-8-9-11-17(15)29(7)20(18)23(4,5)6/h8-11,25H,12-13,31H2,1-7H3. The smallest absolute Gasteiger partial charge is 0.191 e. The van der Waals surface area contributed by atoms with E-state index in [9.17, 15) is 5.26 Å². The molecule has 7 nitrogen and oxygen atoms in total. The van der Waals surface area contributed by atoms with E-state index in [1.54, 1.807) is 4.68 Å². The molecule has 0 saturated carbocycles. The average molecular weight is 438 g/mol. The van der Waals surface area contributed by atoms with Crippen LogP contribution < -0.4 is 5.09 Å². The molecule has 1 atom stereocenters. The first-order valence-electron chi connectivity index (χ1n) is 10.4. The summed E-state index contributed by atoms with van der Waals surface area (Å²) >= 11 is 0. The van der Waals surface area contributed by atoms with Crippen molar-refractivity contribution in [3.8, 4) is 6.07 Å². The van der Waals surface area contributed by atoms with Crippen LogP contribution in [0.3, 0.4) is 0 Å². The monoisotopic (exact) mass is 437 g/mol. The predicted molar refractivity (Wildman–Crippen MR) is 129 cm³/mol. The lowest BCUT2D eigenvalue weighted by atomic mass is 9.90. The minimum atomic E-state index is -0.273. The van der Waals surface area contributed by atoms with Crippen molar-refractivity contribution in [3.63, 3.8) is 0 Å². The number of benzene rings is 1. The van der Waals surface area contributed by atoms with Crippen molar-refractivity contribution in [1.82, 2.24) is 19.4 Å². The van der Waals surface area contributed by atoms with Gasteiger partial charge in [-0.1, -0.05) is 69.1 Å². The Labute approximate surface area is 186 Å². The molecule has 1 unspecified atom stereocenters. The molecule has 2 heterocycles. The summed E-state index contributed by atoms with van der Waals surface area (Å²) in [6, 6.07) is 10.5. The first-order valence-corrected chi connectivity index (χ1v) is 11.0. The zero-order valence-electron chi connectivity index (χ0n) is 19.5. The van der Waals surface area contributed by atoms with Crippen LogP contribution in [0.5, 0.6) is 0 Å². The van der Waals surface area contributed by atoms with Crippen LogP contribution >= 0.6 is 9.39 Å². The number of aryl methyl sites for hydroxylation is 1. The second kappa shape index (κ2) is 8.53. The van der Waals surface area contributed by atoms with E-state index in [0.29, 0.717) is 24.5 Å². The number of nitrogens with one attached hydrogen (secondary N) is 1. The molecule has 0 amide bonds. The van der Waals surface area contributed by atoms with Gasteiger partial charge in [-0.3, -0.25) is 5.09 Å². The lowest BCUT2D eigenvalue weighted by molar-refractivity contribution is 0.531. The molecule has 0 aliphatic rings. The fraction of sp³-hybridized carbons (Fsp3) is 0.478. The molecule has 0 fully saturated rings. The summed E-state index contributed by atoms with van der Waals surface area (Å²) in [6.07, 6.45) is 0. The Morgan fingerprint density at radius 1 is 1.10 bits per heavy atom. The number of hydrogen-bond acceptors (Lipinski definition) is 5. The van der Waals surface area contributed by atoms with E-state index in [-0.39, 0.29) is 10.8 Å². The molecule has 3 aromatic rings. The van der Waals surface area contributed by atoms with Crippen molar-refractivity contribution in [2.45, 2.75) is 58.9 Å². The maximum atomic E-state index is 9.93. The van der Waals surface area contributed by atoms with E-state index >= 15 is 0 Å². The second-order valence-corrected chi connectivity index (χ2v) is 10.2. The Morgan fingerprint density at radius 3 is 2.35 bits per heavy atom. The van der Waals surface area contributed by atoms with Gasteiger partial charge in [-0.25, -0.2) is 4.68 Å². The van der Waals surface area contributed by atoms with Gasteiger partial charge in [0.05, 0.1) is 23.4 Å². The number of nitriles is 1. The summed E-state index contributed by atoms with van der Waals surface area (Å²) in [5.41, 5.74) is 3.87. The molecule has 0 saturated heterocycles.